The molecule has 0 radical (unpaired) electrons. The van der Waals surface area contributed by atoms with Crippen LogP contribution in [0.1, 0.15) is 60.8 Å². The van der Waals surface area contributed by atoms with E-state index in [4.69, 9.17) is 18.9 Å². The number of aliphatic hydroxyl groups is 1. The fourth-order valence-corrected chi connectivity index (χ4v) is 10.2. The molecule has 4 aliphatic carbocycles. The molecule has 9 nitrogen and oxygen atoms in total. The summed E-state index contributed by atoms with van der Waals surface area (Å²) < 4.78 is 22.9. The van der Waals surface area contributed by atoms with Gasteiger partial charge in [0.1, 0.15) is 18.0 Å². The van der Waals surface area contributed by atoms with E-state index in [0.29, 0.717) is 6.42 Å². The van der Waals surface area contributed by atoms with Gasteiger partial charge in [-0.3, -0.25) is 19.2 Å². The Hall–Kier alpha value is -2.68. The van der Waals surface area contributed by atoms with Crippen LogP contribution >= 0.6 is 0 Å². The van der Waals surface area contributed by atoms with Gasteiger partial charge in [-0.1, -0.05) is 27.4 Å². The molecular weight excluding hydrogens is 492 g/mol. The second-order valence-electron chi connectivity index (χ2n) is 12.8. The van der Waals surface area contributed by atoms with Gasteiger partial charge in [0.2, 0.25) is 0 Å². The number of hydrogen-bond acceptors (Lipinski definition) is 9. The van der Waals surface area contributed by atoms with E-state index < -0.39 is 80.9 Å². The molecule has 5 rings (SSSR count). The Kier molecular flexibility index (Phi) is 5.46. The second kappa shape index (κ2) is 7.71. The quantitative estimate of drug-likeness (QED) is 0.254. The van der Waals surface area contributed by atoms with Crippen LogP contribution in [0.3, 0.4) is 0 Å². The number of carbonyl (C=O) groups is 4. The first-order chi connectivity index (χ1) is 17.6. The Morgan fingerprint density at radius 3 is 2.29 bits per heavy atom. The van der Waals surface area contributed by atoms with Crippen molar-refractivity contribution < 1.29 is 43.2 Å². The lowest BCUT2D eigenvalue weighted by Crippen LogP contribution is -2.75. The molecule has 3 saturated carbocycles. The van der Waals surface area contributed by atoms with Crippen LogP contribution in [-0.2, 0) is 38.1 Å². The molecule has 1 aliphatic heterocycles. The average molecular weight is 531 g/mol. The molecule has 2 bridgehead atoms. The van der Waals surface area contributed by atoms with Crippen LogP contribution in [-0.4, -0.2) is 61.3 Å². The summed E-state index contributed by atoms with van der Waals surface area (Å²) in [5, 5.41) is 12.1. The zero-order valence-electron chi connectivity index (χ0n) is 23.4. The Bertz CT molecular complexity index is 1210. The van der Waals surface area contributed by atoms with Crippen molar-refractivity contribution in [1.82, 2.24) is 0 Å². The standard InChI is InChI=1S/C29H38O9/c1-13-21(32)29(24(34)36-9)26(6)12-16-19-25(4,5)17(37-15(3)30)10-11-28(19,23(33)38-16)20(26)18(31)14(2)27(29,7)22(13)35-8/h16-20,31H,2,10-12H2,1,3-9H3/t16-,17-,18-,19?,20-,26-,27-,28-,29+/m0/s1. The van der Waals surface area contributed by atoms with E-state index in [0.717, 1.165) is 0 Å². The van der Waals surface area contributed by atoms with E-state index in [2.05, 4.69) is 6.58 Å². The largest absolute Gasteiger partial charge is 0.500 e. The molecule has 0 aromatic carbocycles. The molecule has 0 amide bonds. The van der Waals surface area contributed by atoms with Gasteiger partial charge in [0.15, 0.2) is 11.2 Å². The minimum absolute atomic E-state index is 0.136. The smallest absolute Gasteiger partial charge is 0.321 e. The normalized spacial score (nSPS) is 46.6. The summed E-state index contributed by atoms with van der Waals surface area (Å²) in [7, 11) is 2.67. The summed E-state index contributed by atoms with van der Waals surface area (Å²) in [6, 6.07) is 0. The monoisotopic (exact) mass is 530 g/mol. The first-order valence-electron chi connectivity index (χ1n) is 13.2. The van der Waals surface area contributed by atoms with Gasteiger partial charge in [-0.15, -0.1) is 0 Å². The summed E-state index contributed by atoms with van der Waals surface area (Å²) >= 11 is 0. The predicted octanol–water partition coefficient (Wildman–Crippen LogP) is 2.89. The number of fused-ring (bicyclic) bond motifs is 3. The van der Waals surface area contributed by atoms with Gasteiger partial charge in [-0.05, 0) is 38.7 Å². The maximum Gasteiger partial charge on any atom is 0.321 e. The van der Waals surface area contributed by atoms with Crippen molar-refractivity contribution in [1.29, 1.82) is 0 Å². The maximum absolute atomic E-state index is 14.4. The van der Waals surface area contributed by atoms with Crippen molar-refractivity contribution in [2.45, 2.75) is 79.1 Å². The van der Waals surface area contributed by atoms with Crippen molar-refractivity contribution >= 4 is 23.7 Å². The number of ketones is 1. The minimum atomic E-state index is -1.83. The molecule has 9 atom stereocenters. The topological polar surface area (TPSA) is 125 Å². The number of allylic oxidation sites excluding steroid dienone is 2. The molecule has 0 aromatic heterocycles. The van der Waals surface area contributed by atoms with E-state index in [-0.39, 0.29) is 29.7 Å². The summed E-state index contributed by atoms with van der Waals surface area (Å²) in [5.74, 6) is -3.08. The van der Waals surface area contributed by atoms with Crippen molar-refractivity contribution in [3.8, 4) is 0 Å². The van der Waals surface area contributed by atoms with Gasteiger partial charge in [-0.25, -0.2) is 0 Å². The molecule has 5 aliphatic rings. The van der Waals surface area contributed by atoms with Gasteiger partial charge in [0.25, 0.3) is 0 Å². The predicted molar refractivity (Wildman–Crippen MR) is 133 cm³/mol. The Morgan fingerprint density at radius 1 is 1.11 bits per heavy atom. The van der Waals surface area contributed by atoms with Crippen LogP contribution in [0.2, 0.25) is 0 Å². The molecule has 38 heavy (non-hydrogen) atoms. The SMILES string of the molecule is C=C1[C@H](O)[C@@H]2[C@]34CC[C@H](OC(C)=O)C(C)(C)C3[C@H](C[C@]2(C)[C@]2(C(=O)OC)C(=O)C(C)=C(OC)[C@]12C)OC4=O. The van der Waals surface area contributed by atoms with Crippen LogP contribution in [0.5, 0.6) is 0 Å². The molecule has 1 heterocycles. The number of rotatable bonds is 3. The van der Waals surface area contributed by atoms with Gasteiger partial charge < -0.3 is 24.1 Å². The molecule has 0 spiro atoms. The zero-order valence-corrected chi connectivity index (χ0v) is 23.4. The van der Waals surface area contributed by atoms with Crippen molar-refractivity contribution in [2.24, 2.45) is 38.9 Å². The highest BCUT2D eigenvalue weighted by Gasteiger charge is 2.87. The van der Waals surface area contributed by atoms with Gasteiger partial charge in [0, 0.05) is 35.2 Å². The third-order valence-corrected chi connectivity index (χ3v) is 11.3. The zero-order chi connectivity index (χ0) is 28.4. The molecule has 1 N–H and O–H groups in total. The number of Topliss-reactive ketones (excluding diaryl/α,β-unsaturated/α-hetero) is 1. The van der Waals surface area contributed by atoms with Gasteiger partial charge in [0.05, 0.1) is 31.2 Å². The second-order valence-corrected chi connectivity index (χ2v) is 12.8. The van der Waals surface area contributed by atoms with Crippen LogP contribution in [0.4, 0.5) is 0 Å². The molecule has 208 valence electrons. The highest BCUT2D eigenvalue weighted by Crippen LogP contribution is 2.80. The highest BCUT2D eigenvalue weighted by atomic mass is 16.6. The fraction of sp³-hybridized carbons (Fsp3) is 0.724. The van der Waals surface area contributed by atoms with Crippen LogP contribution in [0, 0.1) is 38.9 Å². The Labute approximate surface area is 222 Å². The first-order valence-corrected chi connectivity index (χ1v) is 13.2. The lowest BCUT2D eigenvalue weighted by Gasteiger charge is -2.68. The molecule has 1 unspecified atom stereocenters. The van der Waals surface area contributed by atoms with Gasteiger partial charge in [-0.2, -0.15) is 0 Å². The molecule has 1 saturated heterocycles. The lowest BCUT2D eigenvalue weighted by molar-refractivity contribution is -0.245. The summed E-state index contributed by atoms with van der Waals surface area (Å²) in [6.07, 6.45) is -1.60. The Morgan fingerprint density at radius 2 is 1.74 bits per heavy atom. The van der Waals surface area contributed by atoms with Gasteiger partial charge >= 0.3 is 17.9 Å². The summed E-state index contributed by atoms with van der Waals surface area (Å²) in [6.45, 7) is 14.6. The summed E-state index contributed by atoms with van der Waals surface area (Å²) in [5.41, 5.74) is -5.90. The van der Waals surface area contributed by atoms with Crippen molar-refractivity contribution in [2.75, 3.05) is 14.2 Å². The number of hydrogen-bond donors (Lipinski definition) is 1. The number of ether oxygens (including phenoxy) is 4. The van der Waals surface area contributed by atoms with Crippen LogP contribution in [0.25, 0.3) is 0 Å². The first kappa shape index (κ1) is 26.9. The number of carbonyl (C=O) groups excluding carboxylic acids is 4. The molecule has 0 aromatic rings. The third-order valence-electron chi connectivity index (χ3n) is 11.3. The third kappa shape index (κ3) is 2.49. The molecule has 9 heteroatoms. The number of esters is 3. The molecular formula is C29H38O9. The number of aliphatic hydroxyl groups excluding tert-OH is 1. The summed E-state index contributed by atoms with van der Waals surface area (Å²) in [4.78, 5) is 54.3. The fourth-order valence-electron chi connectivity index (χ4n) is 10.2. The molecule has 4 fully saturated rings. The Balaban J connectivity index is 1.80. The van der Waals surface area contributed by atoms with Crippen molar-refractivity contribution in [3.63, 3.8) is 0 Å². The van der Waals surface area contributed by atoms with E-state index >= 15 is 0 Å². The lowest BCUT2D eigenvalue weighted by atomic mass is 9.31. The van der Waals surface area contributed by atoms with Crippen molar-refractivity contribution in [3.05, 3.63) is 23.5 Å². The average Bonchev–Trinajstić information content (AvgIpc) is 3.17. The van der Waals surface area contributed by atoms with E-state index in [1.165, 1.54) is 21.1 Å². The number of methoxy groups -OCH3 is 2. The van der Waals surface area contributed by atoms with E-state index in [1.807, 2.05) is 20.8 Å². The van der Waals surface area contributed by atoms with Crippen LogP contribution < -0.4 is 0 Å². The minimum Gasteiger partial charge on any atom is -0.500 e. The van der Waals surface area contributed by atoms with E-state index in [1.54, 1.807) is 13.8 Å². The van der Waals surface area contributed by atoms with E-state index in [9.17, 15) is 24.3 Å². The maximum atomic E-state index is 14.4. The van der Waals surface area contributed by atoms with Crippen LogP contribution in [0.15, 0.2) is 23.5 Å². The highest BCUT2D eigenvalue weighted by molar-refractivity contribution is 6.17.